The van der Waals surface area contributed by atoms with Gasteiger partial charge < -0.3 is 5.11 Å². The molecule has 4 heteroatoms. The topological polar surface area (TPSA) is 50.9 Å². The maximum atomic E-state index is 9.32. The summed E-state index contributed by atoms with van der Waals surface area (Å²) in [5, 5.41) is 9.32. The second kappa shape index (κ2) is 5.02. The van der Waals surface area contributed by atoms with Crippen LogP contribution in [0.25, 0.3) is 11.2 Å². The van der Waals surface area contributed by atoms with E-state index in [2.05, 4.69) is 26.4 Å². The van der Waals surface area contributed by atoms with E-state index in [0.717, 1.165) is 29.8 Å². The van der Waals surface area contributed by atoms with Gasteiger partial charge in [-0.3, -0.25) is 4.57 Å². The van der Waals surface area contributed by atoms with Gasteiger partial charge in [-0.2, -0.15) is 0 Å². The van der Waals surface area contributed by atoms with Gasteiger partial charge in [0.25, 0.3) is 0 Å². The molecule has 3 rings (SSSR count). The molecule has 1 unspecified atom stereocenters. The fraction of sp³-hybridized carbons (Fsp3) is 0.467. The summed E-state index contributed by atoms with van der Waals surface area (Å²) in [6.07, 6.45) is 5.98. The van der Waals surface area contributed by atoms with E-state index in [0.29, 0.717) is 6.04 Å². The van der Waals surface area contributed by atoms with E-state index in [4.69, 9.17) is 0 Å². The molecule has 2 aromatic rings. The Labute approximate surface area is 112 Å². The molecule has 1 aliphatic rings. The Kier molecular flexibility index (Phi) is 3.22. The molecular formula is C15H17N3O. The molecule has 0 aromatic carbocycles. The number of aromatic nitrogens is 3. The van der Waals surface area contributed by atoms with Crippen LogP contribution in [0.4, 0.5) is 0 Å². The van der Waals surface area contributed by atoms with Gasteiger partial charge in [0.2, 0.25) is 0 Å². The Balaban J connectivity index is 2.14. The zero-order valence-electron chi connectivity index (χ0n) is 11.0. The van der Waals surface area contributed by atoms with Crippen LogP contribution in [-0.4, -0.2) is 25.7 Å². The minimum Gasteiger partial charge on any atom is -0.381 e. The Bertz CT molecular complexity index is 642. The zero-order chi connectivity index (χ0) is 13.2. The van der Waals surface area contributed by atoms with Crippen molar-refractivity contribution in [3.63, 3.8) is 0 Å². The van der Waals surface area contributed by atoms with Gasteiger partial charge in [0, 0.05) is 12.2 Å². The van der Waals surface area contributed by atoms with E-state index in [1.165, 1.54) is 12.8 Å². The van der Waals surface area contributed by atoms with Crippen molar-refractivity contribution < 1.29 is 5.11 Å². The number of imidazole rings is 1. The van der Waals surface area contributed by atoms with Crippen molar-refractivity contribution >= 4 is 11.2 Å². The van der Waals surface area contributed by atoms with Crippen LogP contribution in [0.3, 0.4) is 0 Å². The molecule has 1 fully saturated rings. The first-order valence-corrected chi connectivity index (χ1v) is 6.78. The molecule has 1 N–H and O–H groups in total. The summed E-state index contributed by atoms with van der Waals surface area (Å²) in [4.78, 5) is 8.99. The number of fused-ring (bicyclic) bond motifs is 1. The van der Waals surface area contributed by atoms with Crippen molar-refractivity contribution in [1.29, 1.82) is 0 Å². The molecule has 4 nitrogen and oxygen atoms in total. The third kappa shape index (κ3) is 2.34. The fourth-order valence-electron chi connectivity index (χ4n) is 2.70. The third-order valence-corrected chi connectivity index (χ3v) is 3.53. The Hall–Kier alpha value is -1.86. The van der Waals surface area contributed by atoms with Crippen LogP contribution in [0.15, 0.2) is 18.3 Å². The Morgan fingerprint density at radius 2 is 2.21 bits per heavy atom. The van der Waals surface area contributed by atoms with Gasteiger partial charge in [-0.1, -0.05) is 18.8 Å². The van der Waals surface area contributed by atoms with Crippen LogP contribution < -0.4 is 0 Å². The van der Waals surface area contributed by atoms with Gasteiger partial charge in [-0.15, -0.1) is 0 Å². The maximum absolute atomic E-state index is 9.32. The predicted octanol–water partition coefficient (Wildman–Crippen LogP) is 2.28. The van der Waals surface area contributed by atoms with Crippen molar-refractivity contribution in [1.82, 2.24) is 14.5 Å². The standard InChI is InChI=1S/C15H17N3O/c1-11(19)8-9-14-17-13-7-4-10-16-15(13)18(14)12-5-2-3-6-12/h4,7,10-12,19H,2-3,5-6H2,1H3. The van der Waals surface area contributed by atoms with Crippen LogP contribution in [-0.2, 0) is 0 Å². The van der Waals surface area contributed by atoms with E-state index < -0.39 is 6.10 Å². The van der Waals surface area contributed by atoms with Gasteiger partial charge in [0.1, 0.15) is 11.6 Å². The first-order valence-electron chi connectivity index (χ1n) is 6.78. The number of pyridine rings is 1. The fourth-order valence-corrected chi connectivity index (χ4v) is 2.70. The van der Waals surface area contributed by atoms with Crippen molar-refractivity contribution in [3.05, 3.63) is 24.2 Å². The lowest BCUT2D eigenvalue weighted by molar-refractivity contribution is 0.253. The summed E-state index contributed by atoms with van der Waals surface area (Å²) in [5.74, 6) is 6.50. The van der Waals surface area contributed by atoms with Gasteiger partial charge in [-0.05, 0) is 37.8 Å². The SMILES string of the molecule is CC(O)C#Cc1nc2cccnc2n1C1CCCC1. The molecule has 0 spiro atoms. The largest absolute Gasteiger partial charge is 0.381 e. The molecule has 0 aliphatic heterocycles. The molecule has 1 atom stereocenters. The molecule has 98 valence electrons. The molecule has 19 heavy (non-hydrogen) atoms. The highest BCUT2D eigenvalue weighted by Crippen LogP contribution is 2.32. The van der Waals surface area contributed by atoms with Crippen molar-refractivity contribution in [2.24, 2.45) is 0 Å². The lowest BCUT2D eigenvalue weighted by Crippen LogP contribution is -2.08. The molecule has 2 aromatic heterocycles. The minimum absolute atomic E-state index is 0.443. The van der Waals surface area contributed by atoms with Gasteiger partial charge in [-0.25, -0.2) is 9.97 Å². The number of rotatable bonds is 1. The highest BCUT2D eigenvalue weighted by molar-refractivity contribution is 5.72. The molecule has 0 bridgehead atoms. The predicted molar refractivity (Wildman–Crippen MR) is 73.6 cm³/mol. The lowest BCUT2D eigenvalue weighted by Gasteiger charge is -2.13. The molecular weight excluding hydrogens is 238 g/mol. The van der Waals surface area contributed by atoms with Crippen LogP contribution >= 0.6 is 0 Å². The molecule has 1 aliphatic carbocycles. The second-order valence-electron chi connectivity index (χ2n) is 5.04. The quantitative estimate of drug-likeness (QED) is 0.795. The maximum Gasteiger partial charge on any atom is 0.187 e. The third-order valence-electron chi connectivity index (χ3n) is 3.53. The number of aliphatic hydroxyl groups excluding tert-OH is 1. The summed E-state index contributed by atoms with van der Waals surface area (Å²) in [7, 11) is 0. The van der Waals surface area contributed by atoms with Gasteiger partial charge in [0.15, 0.2) is 11.5 Å². The van der Waals surface area contributed by atoms with Crippen LogP contribution in [0, 0.1) is 11.8 Å². The van der Waals surface area contributed by atoms with Gasteiger partial charge in [0.05, 0.1) is 0 Å². The van der Waals surface area contributed by atoms with E-state index in [1.807, 2.05) is 12.1 Å². The first kappa shape index (κ1) is 12.2. The number of nitrogens with zero attached hydrogens (tertiary/aromatic N) is 3. The van der Waals surface area contributed by atoms with Crippen molar-refractivity contribution in [2.45, 2.75) is 44.8 Å². The van der Waals surface area contributed by atoms with Crippen LogP contribution in [0.5, 0.6) is 0 Å². The Morgan fingerprint density at radius 3 is 2.95 bits per heavy atom. The number of hydrogen-bond donors (Lipinski definition) is 1. The van der Waals surface area contributed by atoms with Crippen molar-refractivity contribution in [2.75, 3.05) is 0 Å². The molecule has 0 amide bonds. The Morgan fingerprint density at radius 1 is 1.42 bits per heavy atom. The molecule has 0 radical (unpaired) electrons. The molecule has 2 heterocycles. The van der Waals surface area contributed by atoms with E-state index >= 15 is 0 Å². The molecule has 0 saturated heterocycles. The number of hydrogen-bond acceptors (Lipinski definition) is 3. The summed E-state index contributed by atoms with van der Waals surface area (Å²) in [5.41, 5.74) is 1.79. The van der Waals surface area contributed by atoms with Crippen LogP contribution in [0.1, 0.15) is 44.5 Å². The van der Waals surface area contributed by atoms with E-state index in [9.17, 15) is 5.11 Å². The monoisotopic (exact) mass is 255 g/mol. The number of aliphatic hydroxyl groups is 1. The smallest absolute Gasteiger partial charge is 0.187 e. The minimum atomic E-state index is -0.634. The average Bonchev–Trinajstić information content (AvgIpc) is 3.02. The lowest BCUT2D eigenvalue weighted by atomic mass is 10.2. The van der Waals surface area contributed by atoms with Crippen molar-refractivity contribution in [3.8, 4) is 11.8 Å². The van der Waals surface area contributed by atoms with E-state index in [-0.39, 0.29) is 0 Å². The highest BCUT2D eigenvalue weighted by Gasteiger charge is 2.22. The summed E-state index contributed by atoms with van der Waals surface area (Å²) in [6, 6.07) is 4.29. The second-order valence-corrected chi connectivity index (χ2v) is 5.04. The normalized spacial score (nSPS) is 17.4. The van der Waals surface area contributed by atoms with Gasteiger partial charge >= 0.3 is 0 Å². The first-order chi connectivity index (χ1) is 9.25. The average molecular weight is 255 g/mol. The zero-order valence-corrected chi connectivity index (χ0v) is 11.0. The summed E-state index contributed by atoms with van der Waals surface area (Å²) >= 11 is 0. The summed E-state index contributed by atoms with van der Waals surface area (Å²) < 4.78 is 2.15. The highest BCUT2D eigenvalue weighted by atomic mass is 16.3. The molecule has 1 saturated carbocycles. The van der Waals surface area contributed by atoms with Crippen LogP contribution in [0.2, 0.25) is 0 Å². The van der Waals surface area contributed by atoms with E-state index in [1.54, 1.807) is 13.1 Å². The summed E-state index contributed by atoms with van der Waals surface area (Å²) in [6.45, 7) is 1.66.